The predicted molar refractivity (Wildman–Crippen MR) is 67.1 cm³/mol. The van der Waals surface area contributed by atoms with Gasteiger partial charge in [0.25, 0.3) is 5.91 Å². The van der Waals surface area contributed by atoms with E-state index in [-0.39, 0.29) is 5.91 Å². The van der Waals surface area contributed by atoms with Gasteiger partial charge in [-0.3, -0.25) is 9.63 Å². The van der Waals surface area contributed by atoms with Crippen molar-refractivity contribution in [2.45, 2.75) is 6.92 Å². The number of urea groups is 1. The lowest BCUT2D eigenvalue weighted by atomic mass is 10.1. The van der Waals surface area contributed by atoms with E-state index in [0.717, 1.165) is 5.56 Å². The molecule has 18 heavy (non-hydrogen) atoms. The van der Waals surface area contributed by atoms with Gasteiger partial charge in [0.15, 0.2) is 0 Å². The number of aryl methyl sites for hydroxylation is 1. The largest absolute Gasteiger partial charge is 0.350 e. The summed E-state index contributed by atoms with van der Waals surface area (Å²) in [4.78, 5) is 27.0. The number of hydroxylamine groups is 1. The number of hydrogen-bond donors (Lipinski definition) is 3. The number of benzene rings is 1. The van der Waals surface area contributed by atoms with E-state index in [9.17, 15) is 9.59 Å². The van der Waals surface area contributed by atoms with Crippen molar-refractivity contribution < 1.29 is 14.4 Å². The minimum Gasteiger partial charge on any atom is -0.350 e. The van der Waals surface area contributed by atoms with Gasteiger partial charge in [-0.05, 0) is 19.1 Å². The molecular weight excluding hydrogens is 234 g/mol. The zero-order valence-electron chi connectivity index (χ0n) is 10.4. The Morgan fingerprint density at radius 2 is 1.72 bits per heavy atom. The van der Waals surface area contributed by atoms with Crippen LogP contribution in [0, 0.1) is 6.92 Å². The molecule has 0 unspecified atom stereocenters. The Bertz CT molecular complexity index is 404. The van der Waals surface area contributed by atoms with Crippen LogP contribution in [0.5, 0.6) is 0 Å². The molecule has 0 atom stereocenters. The van der Waals surface area contributed by atoms with Gasteiger partial charge >= 0.3 is 6.03 Å². The Hall–Kier alpha value is -2.08. The van der Waals surface area contributed by atoms with Gasteiger partial charge in [-0.25, -0.2) is 10.3 Å². The second kappa shape index (κ2) is 7.29. The van der Waals surface area contributed by atoms with Crippen LogP contribution in [-0.2, 0) is 4.84 Å². The molecule has 0 aliphatic rings. The summed E-state index contributed by atoms with van der Waals surface area (Å²) in [6.45, 7) is 2.64. The van der Waals surface area contributed by atoms with Crippen LogP contribution < -0.4 is 16.1 Å². The van der Waals surface area contributed by atoms with Gasteiger partial charge < -0.3 is 10.6 Å². The maximum absolute atomic E-state index is 11.7. The Kier molecular flexibility index (Phi) is 5.66. The maximum atomic E-state index is 11.7. The molecule has 0 fully saturated rings. The maximum Gasteiger partial charge on any atom is 0.338 e. The molecule has 0 saturated heterocycles. The van der Waals surface area contributed by atoms with Crippen LogP contribution >= 0.6 is 0 Å². The fourth-order valence-corrected chi connectivity index (χ4v) is 1.29. The standard InChI is InChI=1S/C12H17N3O3/c1-9-3-5-10(6-4-9)11(16)13-7-8-14-12(17)15-18-2/h3-6H,7-8H2,1-2H3,(H,13,16)(H2,14,15,17). The average Bonchev–Trinajstić information content (AvgIpc) is 2.35. The zero-order valence-corrected chi connectivity index (χ0v) is 10.4. The molecule has 3 amide bonds. The molecule has 1 rings (SSSR count). The lowest BCUT2D eigenvalue weighted by Crippen LogP contribution is -2.39. The summed E-state index contributed by atoms with van der Waals surface area (Å²) in [6.07, 6.45) is 0. The molecule has 1 aromatic carbocycles. The minimum atomic E-state index is -0.443. The summed E-state index contributed by atoms with van der Waals surface area (Å²) < 4.78 is 0. The molecule has 0 aliphatic heterocycles. The zero-order chi connectivity index (χ0) is 13.4. The third-order valence-corrected chi connectivity index (χ3v) is 2.20. The molecule has 0 aliphatic carbocycles. The second-order valence-corrected chi connectivity index (χ2v) is 3.68. The molecule has 0 bridgehead atoms. The molecule has 0 spiro atoms. The Morgan fingerprint density at radius 1 is 1.11 bits per heavy atom. The van der Waals surface area contributed by atoms with E-state index < -0.39 is 6.03 Å². The van der Waals surface area contributed by atoms with Crippen LogP contribution in [0.15, 0.2) is 24.3 Å². The van der Waals surface area contributed by atoms with Gasteiger partial charge in [0, 0.05) is 18.7 Å². The number of rotatable bonds is 5. The SMILES string of the molecule is CONC(=O)NCCNC(=O)c1ccc(C)cc1. The van der Waals surface area contributed by atoms with Crippen LogP contribution in [0.25, 0.3) is 0 Å². The first kappa shape index (κ1) is 14.0. The third kappa shape index (κ3) is 4.84. The quantitative estimate of drug-likeness (QED) is 0.529. The summed E-state index contributed by atoms with van der Waals surface area (Å²) in [5.41, 5.74) is 3.81. The summed E-state index contributed by atoms with van der Waals surface area (Å²) in [7, 11) is 1.35. The molecule has 0 heterocycles. The summed E-state index contributed by atoms with van der Waals surface area (Å²) in [5.74, 6) is -0.163. The first-order chi connectivity index (χ1) is 8.63. The lowest BCUT2D eigenvalue weighted by Gasteiger charge is -2.07. The van der Waals surface area contributed by atoms with Gasteiger partial charge in [0.1, 0.15) is 0 Å². The van der Waals surface area contributed by atoms with Crippen molar-refractivity contribution in [1.29, 1.82) is 0 Å². The number of carbonyl (C=O) groups is 2. The van der Waals surface area contributed by atoms with E-state index in [2.05, 4.69) is 21.0 Å². The summed E-state index contributed by atoms with van der Waals surface area (Å²) >= 11 is 0. The van der Waals surface area contributed by atoms with Gasteiger partial charge in [-0.2, -0.15) is 0 Å². The number of hydrogen-bond acceptors (Lipinski definition) is 3. The molecule has 0 saturated carbocycles. The van der Waals surface area contributed by atoms with Gasteiger partial charge in [-0.15, -0.1) is 0 Å². The van der Waals surface area contributed by atoms with E-state index >= 15 is 0 Å². The molecule has 6 heteroatoms. The highest BCUT2D eigenvalue weighted by Crippen LogP contribution is 2.02. The predicted octanol–water partition coefficient (Wildman–Crippen LogP) is 0.585. The van der Waals surface area contributed by atoms with E-state index in [1.807, 2.05) is 19.1 Å². The van der Waals surface area contributed by atoms with Gasteiger partial charge in [-0.1, -0.05) is 17.7 Å². The number of nitrogens with one attached hydrogen (secondary N) is 3. The van der Waals surface area contributed by atoms with Crippen molar-refractivity contribution in [3.63, 3.8) is 0 Å². The first-order valence-corrected chi connectivity index (χ1v) is 5.55. The number of carbonyl (C=O) groups excluding carboxylic acids is 2. The van der Waals surface area contributed by atoms with Crippen LogP contribution in [-0.4, -0.2) is 32.1 Å². The van der Waals surface area contributed by atoms with Gasteiger partial charge in [0.05, 0.1) is 7.11 Å². The molecule has 0 radical (unpaired) electrons. The van der Waals surface area contributed by atoms with Crippen molar-refractivity contribution in [2.75, 3.05) is 20.2 Å². The smallest absolute Gasteiger partial charge is 0.338 e. The highest BCUT2D eigenvalue weighted by Gasteiger charge is 2.04. The Balaban J connectivity index is 2.25. The van der Waals surface area contributed by atoms with Crippen molar-refractivity contribution in [1.82, 2.24) is 16.1 Å². The second-order valence-electron chi connectivity index (χ2n) is 3.68. The average molecular weight is 251 g/mol. The topological polar surface area (TPSA) is 79.5 Å². The molecular formula is C12H17N3O3. The van der Waals surface area contributed by atoms with Crippen LogP contribution in [0.2, 0.25) is 0 Å². The van der Waals surface area contributed by atoms with Crippen molar-refractivity contribution in [3.05, 3.63) is 35.4 Å². The fourth-order valence-electron chi connectivity index (χ4n) is 1.29. The van der Waals surface area contributed by atoms with Crippen LogP contribution in [0.3, 0.4) is 0 Å². The minimum absolute atomic E-state index is 0.163. The highest BCUT2D eigenvalue weighted by molar-refractivity contribution is 5.94. The Labute approximate surface area is 106 Å². The number of amides is 3. The first-order valence-electron chi connectivity index (χ1n) is 5.55. The van der Waals surface area contributed by atoms with Crippen molar-refractivity contribution in [2.24, 2.45) is 0 Å². The summed E-state index contributed by atoms with van der Waals surface area (Å²) in [5, 5.41) is 5.20. The molecule has 3 N–H and O–H groups in total. The van der Waals surface area contributed by atoms with Crippen LogP contribution in [0.1, 0.15) is 15.9 Å². The van der Waals surface area contributed by atoms with Crippen LogP contribution in [0.4, 0.5) is 4.79 Å². The normalized spacial score (nSPS) is 9.67. The van der Waals surface area contributed by atoms with Crippen molar-refractivity contribution >= 4 is 11.9 Å². The highest BCUT2D eigenvalue weighted by atomic mass is 16.6. The molecule has 1 aromatic rings. The van der Waals surface area contributed by atoms with Crippen molar-refractivity contribution in [3.8, 4) is 0 Å². The molecule has 0 aromatic heterocycles. The third-order valence-electron chi connectivity index (χ3n) is 2.20. The van der Waals surface area contributed by atoms with E-state index in [0.29, 0.717) is 18.7 Å². The Morgan fingerprint density at radius 3 is 2.33 bits per heavy atom. The summed E-state index contributed by atoms with van der Waals surface area (Å²) in [6, 6.07) is 6.83. The lowest BCUT2D eigenvalue weighted by molar-refractivity contribution is 0.0950. The van der Waals surface area contributed by atoms with E-state index in [4.69, 9.17) is 0 Å². The monoisotopic (exact) mass is 251 g/mol. The van der Waals surface area contributed by atoms with E-state index in [1.54, 1.807) is 12.1 Å². The molecule has 98 valence electrons. The van der Waals surface area contributed by atoms with E-state index in [1.165, 1.54) is 7.11 Å². The fraction of sp³-hybridized carbons (Fsp3) is 0.333. The van der Waals surface area contributed by atoms with Gasteiger partial charge in [0.2, 0.25) is 0 Å². The molecule has 6 nitrogen and oxygen atoms in total.